The smallest absolute Gasteiger partial charge is 0.0695 e. The predicted molar refractivity (Wildman–Crippen MR) is 85.8 cm³/mol. The predicted octanol–water partition coefficient (Wildman–Crippen LogP) is 4.07. The maximum absolute atomic E-state index is 10.5. The van der Waals surface area contributed by atoms with Crippen molar-refractivity contribution in [2.75, 3.05) is 7.05 Å². The average molecular weight is 281 g/mol. The molecule has 0 bridgehead atoms. The van der Waals surface area contributed by atoms with Crippen LogP contribution in [0.2, 0.25) is 0 Å². The SMILES string of the molecule is CC1CCCCC1N(C)C1CC(C(C)(C)C)CCC1O. The summed E-state index contributed by atoms with van der Waals surface area (Å²) >= 11 is 0. The van der Waals surface area contributed by atoms with Gasteiger partial charge in [-0.25, -0.2) is 0 Å². The van der Waals surface area contributed by atoms with Crippen LogP contribution in [0.1, 0.15) is 72.6 Å². The topological polar surface area (TPSA) is 23.5 Å². The second kappa shape index (κ2) is 6.36. The van der Waals surface area contributed by atoms with Gasteiger partial charge in [0.05, 0.1) is 6.10 Å². The second-order valence-electron chi connectivity index (χ2n) is 8.51. The minimum atomic E-state index is -0.118. The summed E-state index contributed by atoms with van der Waals surface area (Å²) in [7, 11) is 2.27. The molecule has 0 radical (unpaired) electrons. The van der Waals surface area contributed by atoms with Crippen molar-refractivity contribution in [3.8, 4) is 0 Å². The number of aliphatic hydroxyl groups is 1. The first-order valence-corrected chi connectivity index (χ1v) is 8.70. The highest BCUT2D eigenvalue weighted by atomic mass is 16.3. The standard InChI is InChI=1S/C18H35NO/c1-13-8-6-7-9-15(13)19(5)16-12-14(18(2,3)4)10-11-17(16)20/h13-17,20H,6-12H2,1-5H3. The Hall–Kier alpha value is -0.0800. The van der Waals surface area contributed by atoms with Crippen LogP contribution in [-0.2, 0) is 0 Å². The summed E-state index contributed by atoms with van der Waals surface area (Å²) in [6.45, 7) is 9.47. The van der Waals surface area contributed by atoms with Crippen molar-refractivity contribution in [1.82, 2.24) is 4.90 Å². The average Bonchev–Trinajstić information content (AvgIpc) is 2.37. The molecule has 2 aliphatic rings. The lowest BCUT2D eigenvalue weighted by molar-refractivity contribution is -0.0364. The van der Waals surface area contributed by atoms with Crippen LogP contribution in [-0.4, -0.2) is 35.2 Å². The molecule has 0 aromatic carbocycles. The zero-order valence-corrected chi connectivity index (χ0v) is 14.2. The first-order chi connectivity index (χ1) is 9.30. The number of aliphatic hydroxyl groups excluding tert-OH is 1. The van der Waals surface area contributed by atoms with E-state index in [4.69, 9.17) is 0 Å². The summed E-state index contributed by atoms with van der Waals surface area (Å²) in [4.78, 5) is 2.55. The summed E-state index contributed by atoms with van der Waals surface area (Å²) < 4.78 is 0. The molecule has 5 atom stereocenters. The van der Waals surface area contributed by atoms with Gasteiger partial charge in [0.15, 0.2) is 0 Å². The zero-order valence-electron chi connectivity index (χ0n) is 14.2. The molecule has 118 valence electrons. The van der Waals surface area contributed by atoms with E-state index in [9.17, 15) is 5.11 Å². The van der Waals surface area contributed by atoms with Gasteiger partial charge >= 0.3 is 0 Å². The minimum Gasteiger partial charge on any atom is -0.391 e. The largest absolute Gasteiger partial charge is 0.391 e. The lowest BCUT2D eigenvalue weighted by Gasteiger charge is -2.47. The summed E-state index contributed by atoms with van der Waals surface area (Å²) in [6, 6.07) is 1.06. The fourth-order valence-electron chi connectivity index (χ4n) is 4.50. The molecule has 0 saturated heterocycles. The van der Waals surface area contributed by atoms with Crippen molar-refractivity contribution in [1.29, 1.82) is 0 Å². The van der Waals surface area contributed by atoms with E-state index in [1.165, 1.54) is 38.5 Å². The molecule has 0 aliphatic heterocycles. The Morgan fingerprint density at radius 3 is 2.20 bits per heavy atom. The Balaban J connectivity index is 2.04. The number of rotatable bonds is 2. The number of nitrogens with zero attached hydrogens (tertiary/aromatic N) is 1. The molecular formula is C18H35NO. The van der Waals surface area contributed by atoms with Crippen molar-refractivity contribution in [2.45, 2.75) is 90.8 Å². The van der Waals surface area contributed by atoms with Crippen LogP contribution in [0.5, 0.6) is 0 Å². The van der Waals surface area contributed by atoms with E-state index in [0.717, 1.165) is 18.3 Å². The van der Waals surface area contributed by atoms with Crippen LogP contribution in [0, 0.1) is 17.3 Å². The second-order valence-corrected chi connectivity index (χ2v) is 8.51. The molecule has 2 nitrogen and oxygen atoms in total. The fraction of sp³-hybridized carbons (Fsp3) is 1.00. The molecule has 0 amide bonds. The first kappa shape index (κ1) is 16.3. The lowest BCUT2D eigenvalue weighted by atomic mass is 9.69. The van der Waals surface area contributed by atoms with E-state index in [0.29, 0.717) is 17.5 Å². The Bertz CT molecular complexity index is 309. The van der Waals surface area contributed by atoms with Crippen LogP contribution in [0.25, 0.3) is 0 Å². The van der Waals surface area contributed by atoms with Crippen LogP contribution in [0.4, 0.5) is 0 Å². The lowest BCUT2D eigenvalue weighted by Crippen LogP contribution is -2.53. The molecule has 0 spiro atoms. The van der Waals surface area contributed by atoms with Crippen molar-refractivity contribution >= 4 is 0 Å². The van der Waals surface area contributed by atoms with E-state index in [1.807, 2.05) is 0 Å². The summed E-state index contributed by atoms with van der Waals surface area (Å²) in [5, 5.41) is 10.5. The molecule has 2 aliphatic carbocycles. The van der Waals surface area contributed by atoms with E-state index in [2.05, 4.69) is 39.6 Å². The monoisotopic (exact) mass is 281 g/mol. The molecule has 2 heteroatoms. The van der Waals surface area contributed by atoms with Gasteiger partial charge in [0.25, 0.3) is 0 Å². The summed E-state index contributed by atoms with van der Waals surface area (Å²) in [5.74, 6) is 1.54. The molecule has 20 heavy (non-hydrogen) atoms. The third-order valence-electron chi connectivity index (χ3n) is 6.12. The van der Waals surface area contributed by atoms with Gasteiger partial charge in [-0.05, 0) is 56.4 Å². The van der Waals surface area contributed by atoms with E-state index >= 15 is 0 Å². The summed E-state index contributed by atoms with van der Waals surface area (Å²) in [6.07, 6.45) is 8.67. The molecular weight excluding hydrogens is 246 g/mol. The molecule has 1 N–H and O–H groups in total. The van der Waals surface area contributed by atoms with Crippen LogP contribution in [0.3, 0.4) is 0 Å². The van der Waals surface area contributed by atoms with Gasteiger partial charge in [0, 0.05) is 12.1 Å². The van der Waals surface area contributed by atoms with Crippen molar-refractivity contribution in [2.24, 2.45) is 17.3 Å². The van der Waals surface area contributed by atoms with Crippen molar-refractivity contribution in [3.63, 3.8) is 0 Å². The van der Waals surface area contributed by atoms with E-state index in [1.54, 1.807) is 0 Å². The Kier molecular flexibility index (Phi) is 5.18. The van der Waals surface area contributed by atoms with Crippen LogP contribution in [0.15, 0.2) is 0 Å². The fourth-order valence-corrected chi connectivity index (χ4v) is 4.50. The van der Waals surface area contributed by atoms with Gasteiger partial charge < -0.3 is 5.11 Å². The molecule has 0 aromatic heterocycles. The van der Waals surface area contributed by atoms with Gasteiger partial charge in [0.1, 0.15) is 0 Å². The molecule has 0 aromatic rings. The Morgan fingerprint density at radius 1 is 0.950 bits per heavy atom. The number of likely N-dealkylation sites (N-methyl/N-ethyl adjacent to an activating group) is 1. The molecule has 0 heterocycles. The van der Waals surface area contributed by atoms with E-state index in [-0.39, 0.29) is 6.10 Å². The van der Waals surface area contributed by atoms with Gasteiger partial charge in [0.2, 0.25) is 0 Å². The van der Waals surface area contributed by atoms with Crippen LogP contribution < -0.4 is 0 Å². The molecule has 2 saturated carbocycles. The number of hydrogen-bond acceptors (Lipinski definition) is 2. The maximum Gasteiger partial charge on any atom is 0.0695 e. The molecule has 5 unspecified atom stereocenters. The van der Waals surface area contributed by atoms with E-state index < -0.39 is 0 Å². The summed E-state index contributed by atoms with van der Waals surface area (Å²) in [5.41, 5.74) is 0.372. The molecule has 2 fully saturated rings. The minimum absolute atomic E-state index is 0.118. The highest BCUT2D eigenvalue weighted by Crippen LogP contribution is 2.40. The van der Waals surface area contributed by atoms with Gasteiger partial charge in [-0.2, -0.15) is 0 Å². The van der Waals surface area contributed by atoms with Crippen LogP contribution >= 0.6 is 0 Å². The number of hydrogen-bond donors (Lipinski definition) is 1. The zero-order chi connectivity index (χ0) is 14.9. The third-order valence-corrected chi connectivity index (χ3v) is 6.12. The molecule has 2 rings (SSSR count). The Morgan fingerprint density at radius 2 is 1.60 bits per heavy atom. The third kappa shape index (κ3) is 3.57. The normalized spacial score (nSPS) is 40.0. The quantitative estimate of drug-likeness (QED) is 0.824. The van der Waals surface area contributed by atoms with Crippen molar-refractivity contribution in [3.05, 3.63) is 0 Å². The van der Waals surface area contributed by atoms with Gasteiger partial charge in [-0.15, -0.1) is 0 Å². The van der Waals surface area contributed by atoms with Gasteiger partial charge in [-0.1, -0.05) is 40.5 Å². The first-order valence-electron chi connectivity index (χ1n) is 8.70. The highest BCUT2D eigenvalue weighted by Gasteiger charge is 2.39. The maximum atomic E-state index is 10.5. The highest BCUT2D eigenvalue weighted by molar-refractivity contribution is 4.93. The Labute approximate surface area is 125 Å². The van der Waals surface area contributed by atoms with Crippen molar-refractivity contribution < 1.29 is 5.11 Å². The van der Waals surface area contributed by atoms with Gasteiger partial charge in [-0.3, -0.25) is 4.90 Å².